The number of hydrogen-bond donors (Lipinski definition) is 4. The molecule has 0 saturated heterocycles. The highest BCUT2D eigenvalue weighted by Crippen LogP contribution is 2.32. The molecule has 4 aromatic heterocycles. The Bertz CT molecular complexity index is 1600. The zero-order chi connectivity index (χ0) is 24.2. The summed E-state index contributed by atoms with van der Waals surface area (Å²) in [6.07, 6.45) is 7.53. The van der Waals surface area contributed by atoms with Crippen LogP contribution in [0.4, 0.5) is 11.6 Å². The maximum absolute atomic E-state index is 8.36. The molecule has 0 radical (unpaired) electrons. The summed E-state index contributed by atoms with van der Waals surface area (Å²) in [6.45, 7) is -0.250. The van der Waals surface area contributed by atoms with E-state index < -0.39 is 0 Å². The molecule has 2 aromatic carbocycles. The molecule has 0 bridgehead atoms. The van der Waals surface area contributed by atoms with Crippen molar-refractivity contribution >= 4 is 40.2 Å². The van der Waals surface area contributed by atoms with Gasteiger partial charge in [-0.2, -0.15) is 5.10 Å². The van der Waals surface area contributed by atoms with Crippen molar-refractivity contribution in [2.75, 3.05) is 5.32 Å². The number of hydrogen-bond acceptors (Lipinski definition) is 6. The number of ether oxygens (including phenoxy) is 1. The van der Waals surface area contributed by atoms with Crippen molar-refractivity contribution in [1.82, 2.24) is 29.7 Å². The lowest BCUT2D eigenvalue weighted by atomic mass is 10.1. The van der Waals surface area contributed by atoms with Crippen molar-refractivity contribution in [3.8, 4) is 22.6 Å². The number of carboxylic acid groups (broad SMARTS) is 1. The summed E-state index contributed by atoms with van der Waals surface area (Å²) in [5, 5.41) is 14.5. The van der Waals surface area contributed by atoms with Crippen LogP contribution < -0.4 is 10.1 Å². The van der Waals surface area contributed by atoms with Crippen molar-refractivity contribution in [3.05, 3.63) is 79.4 Å². The van der Waals surface area contributed by atoms with E-state index >= 15 is 0 Å². The Morgan fingerprint density at radius 2 is 1.94 bits per heavy atom. The second-order valence-electron chi connectivity index (χ2n) is 7.60. The first kappa shape index (κ1) is 21.7. The molecule has 0 amide bonds. The lowest BCUT2D eigenvalue weighted by Gasteiger charge is -2.04. The van der Waals surface area contributed by atoms with E-state index in [1.807, 2.05) is 80.2 Å². The van der Waals surface area contributed by atoms with E-state index in [9.17, 15) is 0 Å². The molecule has 0 atom stereocenters. The summed E-state index contributed by atoms with van der Waals surface area (Å²) in [5.41, 5.74) is 6.41. The second kappa shape index (κ2) is 9.40. The smallest absolute Gasteiger partial charge is 0.290 e. The van der Waals surface area contributed by atoms with Gasteiger partial charge in [0.05, 0.1) is 28.4 Å². The third-order valence-corrected chi connectivity index (χ3v) is 5.27. The standard InChI is InChI=1S/C24H19N7O.CH2O2/c1-31-14-15(12-27-31)18-9-10-25-23-21(13-26-22(18)23)30-24-28-19-8-7-17(11-20(19)29-24)32-16-5-3-2-4-6-16;2-1-3/h2-14,26H,1H3,(H2,28,29,30);1H,(H,2,3). The van der Waals surface area contributed by atoms with E-state index in [4.69, 9.17) is 14.6 Å². The van der Waals surface area contributed by atoms with Gasteiger partial charge in [-0.1, -0.05) is 18.2 Å². The van der Waals surface area contributed by atoms with Gasteiger partial charge in [0.25, 0.3) is 6.47 Å². The summed E-state index contributed by atoms with van der Waals surface area (Å²) in [5.74, 6) is 2.15. The average molecular weight is 467 g/mol. The topological polar surface area (TPSA) is 134 Å². The van der Waals surface area contributed by atoms with E-state index in [0.29, 0.717) is 5.95 Å². The number of nitrogens with zero attached hydrogens (tertiary/aromatic N) is 4. The maximum atomic E-state index is 8.36. The van der Waals surface area contributed by atoms with Crippen molar-refractivity contribution < 1.29 is 14.6 Å². The summed E-state index contributed by atoms with van der Waals surface area (Å²) in [6, 6.07) is 17.5. The highest BCUT2D eigenvalue weighted by molar-refractivity contribution is 5.99. The van der Waals surface area contributed by atoms with Crippen LogP contribution in [0.3, 0.4) is 0 Å². The normalized spacial score (nSPS) is 10.7. The molecular formula is C25H21N7O3. The average Bonchev–Trinajstić information content (AvgIpc) is 3.58. The fourth-order valence-electron chi connectivity index (χ4n) is 3.78. The van der Waals surface area contributed by atoms with Gasteiger partial charge in [-0.25, -0.2) is 4.98 Å². The van der Waals surface area contributed by atoms with Crippen LogP contribution in [-0.2, 0) is 11.8 Å². The molecule has 0 unspecified atom stereocenters. The van der Waals surface area contributed by atoms with E-state index in [1.165, 1.54) is 0 Å². The molecule has 0 spiro atoms. The van der Waals surface area contributed by atoms with Crippen LogP contribution in [0.1, 0.15) is 0 Å². The van der Waals surface area contributed by atoms with Gasteiger partial charge in [0, 0.05) is 42.8 Å². The molecule has 10 heteroatoms. The number of aromatic amines is 2. The molecule has 4 heterocycles. The van der Waals surface area contributed by atoms with Crippen molar-refractivity contribution in [2.45, 2.75) is 0 Å². The fourth-order valence-corrected chi connectivity index (χ4v) is 3.78. The van der Waals surface area contributed by atoms with E-state index in [0.717, 1.165) is 50.4 Å². The summed E-state index contributed by atoms with van der Waals surface area (Å²) in [7, 11) is 1.90. The molecule has 0 aliphatic heterocycles. The number of carbonyl (C=O) groups is 1. The molecule has 6 aromatic rings. The minimum atomic E-state index is -0.250. The zero-order valence-corrected chi connectivity index (χ0v) is 18.6. The first-order chi connectivity index (χ1) is 17.1. The van der Waals surface area contributed by atoms with Crippen molar-refractivity contribution in [2.24, 2.45) is 7.05 Å². The summed E-state index contributed by atoms with van der Waals surface area (Å²) >= 11 is 0. The largest absolute Gasteiger partial charge is 0.483 e. The maximum Gasteiger partial charge on any atom is 0.290 e. The molecular weight excluding hydrogens is 446 g/mol. The van der Waals surface area contributed by atoms with Crippen LogP contribution in [0.15, 0.2) is 79.4 Å². The molecule has 35 heavy (non-hydrogen) atoms. The first-order valence-corrected chi connectivity index (χ1v) is 10.7. The third-order valence-electron chi connectivity index (χ3n) is 5.27. The van der Waals surface area contributed by atoms with Crippen LogP contribution in [0.25, 0.3) is 33.2 Å². The Morgan fingerprint density at radius 1 is 1.11 bits per heavy atom. The number of aromatic nitrogens is 6. The molecule has 10 nitrogen and oxygen atoms in total. The Balaban J connectivity index is 0.000000806. The number of para-hydroxylation sites is 1. The van der Waals surface area contributed by atoms with Gasteiger partial charge in [0.15, 0.2) is 0 Å². The molecule has 0 aliphatic carbocycles. The monoisotopic (exact) mass is 467 g/mol. The second-order valence-corrected chi connectivity index (χ2v) is 7.60. The SMILES string of the molecule is Cn1cc(-c2ccnc3c(Nc4nc5cc(Oc6ccccc6)ccc5[nH]4)c[nH]c23)cn1.O=CO. The van der Waals surface area contributed by atoms with Gasteiger partial charge >= 0.3 is 0 Å². The highest BCUT2D eigenvalue weighted by atomic mass is 16.5. The first-order valence-electron chi connectivity index (χ1n) is 10.7. The number of anilines is 2. The summed E-state index contributed by atoms with van der Waals surface area (Å²) in [4.78, 5) is 24.2. The molecule has 6 rings (SSSR count). The number of benzene rings is 2. The van der Waals surface area contributed by atoms with Gasteiger partial charge in [0.2, 0.25) is 5.95 Å². The van der Waals surface area contributed by atoms with E-state index in [1.54, 1.807) is 10.9 Å². The molecule has 0 fully saturated rings. The minimum absolute atomic E-state index is 0.250. The molecule has 0 aliphatic rings. The lowest BCUT2D eigenvalue weighted by molar-refractivity contribution is -0.122. The van der Waals surface area contributed by atoms with Gasteiger partial charge in [-0.05, 0) is 30.3 Å². The zero-order valence-electron chi connectivity index (χ0n) is 18.6. The Hall–Kier alpha value is -5.12. The predicted molar refractivity (Wildman–Crippen MR) is 133 cm³/mol. The van der Waals surface area contributed by atoms with Gasteiger partial charge in [-0.3, -0.25) is 14.5 Å². The van der Waals surface area contributed by atoms with E-state index in [-0.39, 0.29) is 6.47 Å². The molecule has 174 valence electrons. The van der Waals surface area contributed by atoms with Crippen molar-refractivity contribution in [1.29, 1.82) is 0 Å². The quantitative estimate of drug-likeness (QED) is 0.260. The number of rotatable bonds is 5. The van der Waals surface area contributed by atoms with E-state index in [2.05, 4.69) is 30.4 Å². The Morgan fingerprint density at radius 3 is 2.71 bits per heavy atom. The van der Waals surface area contributed by atoms with Crippen LogP contribution >= 0.6 is 0 Å². The number of imidazole rings is 1. The Kier molecular flexibility index (Phi) is 5.83. The number of H-pyrrole nitrogens is 2. The fraction of sp³-hybridized carbons (Fsp3) is 0.0400. The molecule has 0 saturated carbocycles. The lowest BCUT2D eigenvalue weighted by Crippen LogP contribution is -1.92. The highest BCUT2D eigenvalue weighted by Gasteiger charge is 2.13. The Labute approximate surface area is 199 Å². The number of pyridine rings is 1. The summed E-state index contributed by atoms with van der Waals surface area (Å²) < 4.78 is 7.71. The molecule has 4 N–H and O–H groups in total. The van der Waals surface area contributed by atoms with Gasteiger partial charge in [-0.15, -0.1) is 0 Å². The number of fused-ring (bicyclic) bond motifs is 2. The van der Waals surface area contributed by atoms with Crippen LogP contribution in [0.5, 0.6) is 11.5 Å². The van der Waals surface area contributed by atoms with Crippen molar-refractivity contribution in [3.63, 3.8) is 0 Å². The van der Waals surface area contributed by atoms with Crippen LogP contribution in [-0.4, -0.2) is 41.3 Å². The number of nitrogens with one attached hydrogen (secondary N) is 3. The number of aryl methyl sites for hydroxylation is 1. The minimum Gasteiger partial charge on any atom is -0.483 e. The predicted octanol–water partition coefficient (Wildman–Crippen LogP) is 5.08. The third kappa shape index (κ3) is 4.53. The van der Waals surface area contributed by atoms with Crippen LogP contribution in [0.2, 0.25) is 0 Å². The van der Waals surface area contributed by atoms with Gasteiger partial charge < -0.3 is 25.1 Å². The van der Waals surface area contributed by atoms with Crippen LogP contribution in [0, 0.1) is 0 Å². The van der Waals surface area contributed by atoms with Gasteiger partial charge in [0.1, 0.15) is 17.0 Å².